The zero-order valence-corrected chi connectivity index (χ0v) is 9.20. The van der Waals surface area contributed by atoms with E-state index in [1.807, 2.05) is 13.8 Å². The van der Waals surface area contributed by atoms with Crippen molar-refractivity contribution in [3.8, 4) is 5.75 Å². The van der Waals surface area contributed by atoms with Crippen molar-refractivity contribution >= 4 is 11.6 Å². The molecule has 0 saturated heterocycles. The zero-order chi connectivity index (χ0) is 11.4. The van der Waals surface area contributed by atoms with Crippen LogP contribution in [0.4, 0.5) is 5.69 Å². The van der Waals surface area contributed by atoms with Crippen LogP contribution in [0.5, 0.6) is 5.75 Å². The van der Waals surface area contributed by atoms with Crippen molar-refractivity contribution < 1.29 is 9.53 Å². The van der Waals surface area contributed by atoms with Crippen LogP contribution in [-0.2, 0) is 0 Å². The van der Waals surface area contributed by atoms with E-state index in [-0.39, 0.29) is 12.0 Å². The van der Waals surface area contributed by atoms with Gasteiger partial charge < -0.3 is 15.8 Å². The highest BCUT2D eigenvalue weighted by Gasteiger charge is 2.07. The standard InChI is InChI=1S/C11H16N2O2/c1-7(2)15-10-5-8(11(14)13-3)4-9(12)6-10/h4-7H,12H2,1-3H3,(H,13,14). The van der Waals surface area contributed by atoms with Crippen molar-refractivity contribution in [3.05, 3.63) is 23.8 Å². The predicted octanol–water partition coefficient (Wildman–Crippen LogP) is 1.42. The van der Waals surface area contributed by atoms with Crippen LogP contribution in [0, 0.1) is 0 Å². The van der Waals surface area contributed by atoms with Crippen molar-refractivity contribution in [2.45, 2.75) is 20.0 Å². The maximum absolute atomic E-state index is 11.4. The van der Waals surface area contributed by atoms with Gasteiger partial charge in [-0.15, -0.1) is 0 Å². The molecule has 3 N–H and O–H groups in total. The Hall–Kier alpha value is -1.71. The first-order valence-corrected chi connectivity index (χ1v) is 4.82. The van der Waals surface area contributed by atoms with E-state index < -0.39 is 0 Å². The molecule has 1 rings (SSSR count). The molecule has 1 aromatic rings. The summed E-state index contributed by atoms with van der Waals surface area (Å²) in [5, 5.41) is 2.54. The van der Waals surface area contributed by atoms with E-state index in [9.17, 15) is 4.79 Å². The molecule has 15 heavy (non-hydrogen) atoms. The largest absolute Gasteiger partial charge is 0.491 e. The van der Waals surface area contributed by atoms with Crippen LogP contribution in [0.2, 0.25) is 0 Å². The molecule has 4 nitrogen and oxygen atoms in total. The summed E-state index contributed by atoms with van der Waals surface area (Å²) in [5.41, 5.74) is 6.70. The second-order valence-corrected chi connectivity index (χ2v) is 3.54. The molecule has 0 atom stereocenters. The van der Waals surface area contributed by atoms with E-state index in [2.05, 4.69) is 5.32 Å². The molecule has 0 aliphatic rings. The highest BCUT2D eigenvalue weighted by Crippen LogP contribution is 2.19. The number of anilines is 1. The van der Waals surface area contributed by atoms with E-state index in [4.69, 9.17) is 10.5 Å². The first-order valence-electron chi connectivity index (χ1n) is 4.82. The summed E-state index contributed by atoms with van der Waals surface area (Å²) in [7, 11) is 1.58. The minimum Gasteiger partial charge on any atom is -0.491 e. The topological polar surface area (TPSA) is 64.4 Å². The molecule has 0 heterocycles. The number of nitrogens with two attached hydrogens (primary N) is 1. The number of carbonyl (C=O) groups is 1. The molecule has 1 aromatic carbocycles. The lowest BCUT2D eigenvalue weighted by Gasteiger charge is -2.11. The lowest BCUT2D eigenvalue weighted by atomic mass is 10.2. The summed E-state index contributed by atoms with van der Waals surface area (Å²) in [6, 6.07) is 4.99. The van der Waals surface area contributed by atoms with Crippen LogP contribution in [0.25, 0.3) is 0 Å². The third-order valence-corrected chi connectivity index (χ3v) is 1.79. The quantitative estimate of drug-likeness (QED) is 0.738. The van der Waals surface area contributed by atoms with Gasteiger partial charge >= 0.3 is 0 Å². The Morgan fingerprint density at radius 1 is 1.40 bits per heavy atom. The average molecular weight is 208 g/mol. The highest BCUT2D eigenvalue weighted by molar-refractivity contribution is 5.95. The maximum Gasteiger partial charge on any atom is 0.251 e. The summed E-state index contributed by atoms with van der Waals surface area (Å²) in [4.78, 5) is 11.4. The molecule has 0 aromatic heterocycles. The Morgan fingerprint density at radius 2 is 2.07 bits per heavy atom. The van der Waals surface area contributed by atoms with E-state index in [0.29, 0.717) is 17.0 Å². The molecule has 0 unspecified atom stereocenters. The number of nitrogens with one attached hydrogen (secondary N) is 1. The average Bonchev–Trinajstić information content (AvgIpc) is 2.14. The fraction of sp³-hybridized carbons (Fsp3) is 0.364. The molecular formula is C11H16N2O2. The van der Waals surface area contributed by atoms with Crippen LogP contribution in [0.3, 0.4) is 0 Å². The molecule has 1 amide bonds. The van der Waals surface area contributed by atoms with Crippen molar-refractivity contribution in [2.75, 3.05) is 12.8 Å². The van der Waals surface area contributed by atoms with Gasteiger partial charge in [0.15, 0.2) is 0 Å². The summed E-state index contributed by atoms with van der Waals surface area (Å²) in [5.74, 6) is 0.444. The molecule has 4 heteroatoms. The monoisotopic (exact) mass is 208 g/mol. The number of hydrogen-bond donors (Lipinski definition) is 2. The Labute approximate surface area is 89.4 Å². The Bertz CT molecular complexity index is 362. The molecule has 0 bridgehead atoms. The van der Waals surface area contributed by atoms with Gasteiger partial charge in [-0.2, -0.15) is 0 Å². The van der Waals surface area contributed by atoms with Crippen LogP contribution in [0.15, 0.2) is 18.2 Å². The number of amides is 1. The number of rotatable bonds is 3. The number of hydrogen-bond acceptors (Lipinski definition) is 3. The van der Waals surface area contributed by atoms with Crippen molar-refractivity contribution in [3.63, 3.8) is 0 Å². The van der Waals surface area contributed by atoms with Gasteiger partial charge in [0, 0.05) is 24.4 Å². The Balaban J connectivity index is 2.99. The molecular weight excluding hydrogens is 192 g/mol. The van der Waals surface area contributed by atoms with Crippen molar-refractivity contribution in [1.82, 2.24) is 5.32 Å². The molecule has 0 saturated carbocycles. The van der Waals surface area contributed by atoms with Crippen molar-refractivity contribution in [1.29, 1.82) is 0 Å². The molecule has 0 spiro atoms. The SMILES string of the molecule is CNC(=O)c1cc(N)cc(OC(C)C)c1. The third kappa shape index (κ3) is 3.16. The van der Waals surface area contributed by atoms with Crippen LogP contribution in [0.1, 0.15) is 24.2 Å². The van der Waals surface area contributed by atoms with Gasteiger partial charge in [0.05, 0.1) is 6.10 Å². The zero-order valence-electron chi connectivity index (χ0n) is 9.20. The molecule has 0 aliphatic carbocycles. The second-order valence-electron chi connectivity index (χ2n) is 3.54. The number of ether oxygens (including phenoxy) is 1. The molecule has 0 radical (unpaired) electrons. The summed E-state index contributed by atoms with van der Waals surface area (Å²) in [6.07, 6.45) is 0.0596. The predicted molar refractivity (Wildman–Crippen MR) is 60.0 cm³/mol. The van der Waals surface area contributed by atoms with Gasteiger partial charge in [-0.25, -0.2) is 0 Å². The van der Waals surface area contributed by atoms with Gasteiger partial charge in [0.1, 0.15) is 5.75 Å². The van der Waals surface area contributed by atoms with Crippen molar-refractivity contribution in [2.24, 2.45) is 0 Å². The Kier molecular flexibility index (Phi) is 3.55. The lowest BCUT2D eigenvalue weighted by molar-refractivity contribution is 0.0962. The molecule has 82 valence electrons. The van der Waals surface area contributed by atoms with Gasteiger partial charge in [0.2, 0.25) is 0 Å². The summed E-state index contributed by atoms with van der Waals surface area (Å²) in [6.45, 7) is 3.84. The lowest BCUT2D eigenvalue weighted by Crippen LogP contribution is -2.18. The number of nitrogen functional groups attached to an aromatic ring is 1. The minimum absolute atomic E-state index is 0.0596. The van der Waals surface area contributed by atoms with Gasteiger partial charge in [0.25, 0.3) is 5.91 Å². The Morgan fingerprint density at radius 3 is 2.60 bits per heavy atom. The number of benzene rings is 1. The van der Waals surface area contributed by atoms with E-state index in [1.54, 1.807) is 25.2 Å². The summed E-state index contributed by atoms with van der Waals surface area (Å²) >= 11 is 0. The fourth-order valence-corrected chi connectivity index (χ4v) is 1.24. The van der Waals surface area contributed by atoms with E-state index in [0.717, 1.165) is 0 Å². The van der Waals surface area contributed by atoms with Gasteiger partial charge in [-0.3, -0.25) is 4.79 Å². The van der Waals surface area contributed by atoms with Crippen LogP contribution in [-0.4, -0.2) is 19.1 Å². The minimum atomic E-state index is -0.170. The maximum atomic E-state index is 11.4. The second kappa shape index (κ2) is 4.68. The smallest absolute Gasteiger partial charge is 0.251 e. The van der Waals surface area contributed by atoms with Gasteiger partial charge in [-0.05, 0) is 26.0 Å². The first kappa shape index (κ1) is 11.4. The summed E-state index contributed by atoms with van der Waals surface area (Å²) < 4.78 is 5.47. The number of carbonyl (C=O) groups excluding carboxylic acids is 1. The van der Waals surface area contributed by atoms with E-state index >= 15 is 0 Å². The molecule has 0 aliphatic heterocycles. The van der Waals surface area contributed by atoms with E-state index in [1.165, 1.54) is 0 Å². The fourth-order valence-electron chi connectivity index (χ4n) is 1.24. The first-order chi connectivity index (χ1) is 7.02. The van der Waals surface area contributed by atoms with Gasteiger partial charge in [-0.1, -0.05) is 0 Å². The highest BCUT2D eigenvalue weighted by atomic mass is 16.5. The third-order valence-electron chi connectivity index (χ3n) is 1.79. The molecule has 0 fully saturated rings. The normalized spacial score (nSPS) is 10.1. The van der Waals surface area contributed by atoms with Crippen LogP contribution < -0.4 is 15.8 Å². The van der Waals surface area contributed by atoms with Crippen LogP contribution >= 0.6 is 0 Å².